The number of methoxy groups -OCH3 is 1. The van der Waals surface area contributed by atoms with Crippen LogP contribution in [0.2, 0.25) is 0 Å². The number of H-pyrrole nitrogens is 2. The first kappa shape index (κ1) is 24.3. The van der Waals surface area contributed by atoms with E-state index in [2.05, 4.69) is 31.2 Å². The first-order valence-electron chi connectivity index (χ1n) is 13.6. The van der Waals surface area contributed by atoms with E-state index in [-0.39, 0.29) is 11.9 Å². The summed E-state index contributed by atoms with van der Waals surface area (Å²) < 4.78 is 25.8. The van der Waals surface area contributed by atoms with Crippen LogP contribution in [0.25, 0.3) is 55.6 Å². The summed E-state index contributed by atoms with van der Waals surface area (Å²) in [6, 6.07) is 16.8. The Balaban J connectivity index is 1.26. The Labute approximate surface area is 230 Å². The third-order valence-electron chi connectivity index (χ3n) is 7.65. The molecule has 6 aromatic rings. The molecule has 1 saturated carbocycles. The predicted molar refractivity (Wildman–Crippen MR) is 154 cm³/mol. The van der Waals surface area contributed by atoms with Gasteiger partial charge in [-0.3, -0.25) is 15.1 Å². The van der Waals surface area contributed by atoms with Crippen LogP contribution in [0.3, 0.4) is 0 Å². The molecule has 0 aliphatic heterocycles. The van der Waals surface area contributed by atoms with Crippen molar-refractivity contribution in [1.29, 1.82) is 0 Å². The summed E-state index contributed by atoms with van der Waals surface area (Å²) in [6.07, 6.45) is 11.5. The summed E-state index contributed by atoms with van der Waals surface area (Å²) in [7, 11) is 1.54. The van der Waals surface area contributed by atoms with E-state index in [0.29, 0.717) is 5.75 Å². The molecule has 0 radical (unpaired) electrons. The lowest BCUT2D eigenvalue weighted by molar-refractivity contribution is 0.154. The summed E-state index contributed by atoms with van der Waals surface area (Å²) in [5.74, 6) is 0.905. The summed E-state index contributed by atoms with van der Waals surface area (Å²) in [5, 5.41) is 9.62. The maximum absolute atomic E-state index is 14.3. The monoisotopic (exact) mass is 533 g/mol. The van der Waals surface area contributed by atoms with E-state index in [1.165, 1.54) is 38.5 Å². The lowest BCUT2D eigenvalue weighted by Gasteiger charge is -2.22. The van der Waals surface area contributed by atoms with Gasteiger partial charge in [0, 0.05) is 34.1 Å². The number of benzene rings is 2. The zero-order valence-electron chi connectivity index (χ0n) is 22.1. The van der Waals surface area contributed by atoms with Crippen LogP contribution >= 0.6 is 0 Å². The molecule has 0 atom stereocenters. The maximum Gasteiger partial charge on any atom is 0.138 e. The molecule has 1 fully saturated rings. The highest BCUT2D eigenvalue weighted by Gasteiger charge is 2.17. The van der Waals surface area contributed by atoms with Crippen molar-refractivity contribution in [2.24, 2.45) is 0 Å². The molecule has 0 unspecified atom stereocenters. The van der Waals surface area contributed by atoms with Gasteiger partial charge >= 0.3 is 0 Å². The van der Waals surface area contributed by atoms with Gasteiger partial charge in [0.25, 0.3) is 0 Å². The number of nitrogens with one attached hydrogen (secondary N) is 2. The van der Waals surface area contributed by atoms with Gasteiger partial charge in [-0.05, 0) is 73.2 Å². The zero-order chi connectivity index (χ0) is 27.1. The molecule has 0 bridgehead atoms. The Hall–Kier alpha value is -4.72. The fraction of sp³-hybridized carbons (Fsp3) is 0.219. The van der Waals surface area contributed by atoms with E-state index in [0.717, 1.165) is 74.2 Å². The second-order valence-electron chi connectivity index (χ2n) is 10.3. The SMILES string of the molecule is COc1cc(F)cc(-c2cccc3[nH]c(-c4n[nH]c5cnc(-c6cncc(OC7CCCCC7)c6)cc45)cc23)c1. The van der Waals surface area contributed by atoms with Gasteiger partial charge < -0.3 is 14.5 Å². The summed E-state index contributed by atoms with van der Waals surface area (Å²) in [4.78, 5) is 12.6. The molecule has 1 aliphatic rings. The smallest absolute Gasteiger partial charge is 0.138 e. The van der Waals surface area contributed by atoms with E-state index in [1.807, 2.05) is 42.6 Å². The van der Waals surface area contributed by atoms with Gasteiger partial charge in [0.05, 0.1) is 42.5 Å². The second kappa shape index (κ2) is 10.1. The molecule has 40 heavy (non-hydrogen) atoms. The molecule has 200 valence electrons. The van der Waals surface area contributed by atoms with Crippen molar-refractivity contribution in [1.82, 2.24) is 25.1 Å². The van der Waals surface area contributed by atoms with Crippen molar-refractivity contribution in [2.75, 3.05) is 7.11 Å². The average molecular weight is 534 g/mol. The number of hydrogen-bond donors (Lipinski definition) is 2. The highest BCUT2D eigenvalue weighted by atomic mass is 19.1. The summed E-state index contributed by atoms with van der Waals surface area (Å²) in [6.45, 7) is 0. The number of nitrogens with zero attached hydrogens (tertiary/aromatic N) is 3. The third kappa shape index (κ3) is 4.55. The molecule has 4 aromatic heterocycles. The van der Waals surface area contributed by atoms with Gasteiger partial charge in [-0.2, -0.15) is 5.10 Å². The van der Waals surface area contributed by atoms with E-state index < -0.39 is 0 Å². The topological polar surface area (TPSA) is 88.7 Å². The van der Waals surface area contributed by atoms with Gasteiger partial charge in [0.1, 0.15) is 23.0 Å². The number of hydrogen-bond acceptors (Lipinski definition) is 5. The molecule has 0 saturated heterocycles. The van der Waals surface area contributed by atoms with E-state index >= 15 is 0 Å². The zero-order valence-corrected chi connectivity index (χ0v) is 22.1. The molecule has 2 aromatic carbocycles. The van der Waals surface area contributed by atoms with Crippen LogP contribution in [0.4, 0.5) is 4.39 Å². The Morgan fingerprint density at radius 1 is 0.850 bits per heavy atom. The van der Waals surface area contributed by atoms with E-state index in [1.54, 1.807) is 12.4 Å². The first-order valence-corrected chi connectivity index (χ1v) is 13.6. The van der Waals surface area contributed by atoms with Crippen molar-refractivity contribution < 1.29 is 13.9 Å². The molecule has 0 spiro atoms. The third-order valence-corrected chi connectivity index (χ3v) is 7.65. The fourth-order valence-corrected chi connectivity index (χ4v) is 5.65. The normalized spacial score (nSPS) is 14.2. The molecule has 0 amide bonds. The standard InChI is InChI=1S/C32H28FN5O2/c1-39-23-11-19(10-21(33)13-23)25-8-5-9-28-26(25)14-30(36-28)32-27-15-29(35-18-31(27)37-38-32)20-12-24(17-34-16-20)40-22-6-3-2-4-7-22/h5,8-18,22,36H,2-4,6-7H2,1H3,(H,37,38). The number of ether oxygens (including phenoxy) is 2. The molecule has 1 aliphatic carbocycles. The van der Waals surface area contributed by atoms with E-state index in [9.17, 15) is 4.39 Å². The van der Waals surface area contributed by atoms with Gasteiger partial charge in [0.2, 0.25) is 0 Å². The second-order valence-corrected chi connectivity index (χ2v) is 10.3. The lowest BCUT2D eigenvalue weighted by atomic mass is 9.98. The van der Waals surface area contributed by atoms with E-state index in [4.69, 9.17) is 9.47 Å². The van der Waals surface area contributed by atoms with Crippen LogP contribution in [0.15, 0.2) is 73.2 Å². The number of aromatic nitrogens is 5. The van der Waals surface area contributed by atoms with Crippen molar-refractivity contribution in [2.45, 2.75) is 38.2 Å². The van der Waals surface area contributed by atoms with Crippen molar-refractivity contribution in [3.63, 3.8) is 0 Å². The summed E-state index contributed by atoms with van der Waals surface area (Å²) >= 11 is 0. The largest absolute Gasteiger partial charge is 0.497 e. The molecular weight excluding hydrogens is 505 g/mol. The molecule has 8 heteroatoms. The van der Waals surface area contributed by atoms with Gasteiger partial charge in [-0.15, -0.1) is 0 Å². The fourth-order valence-electron chi connectivity index (χ4n) is 5.65. The minimum Gasteiger partial charge on any atom is -0.497 e. The molecule has 7 rings (SSSR count). The van der Waals surface area contributed by atoms with Crippen LogP contribution in [-0.4, -0.2) is 38.4 Å². The van der Waals surface area contributed by atoms with Crippen LogP contribution in [0.5, 0.6) is 11.5 Å². The number of rotatable bonds is 6. The Kier molecular flexibility index (Phi) is 6.15. The van der Waals surface area contributed by atoms with Crippen molar-refractivity contribution in [3.8, 4) is 45.3 Å². The van der Waals surface area contributed by atoms with Gasteiger partial charge in [-0.25, -0.2) is 4.39 Å². The molecule has 7 nitrogen and oxygen atoms in total. The summed E-state index contributed by atoms with van der Waals surface area (Å²) in [5.41, 5.74) is 6.71. The Morgan fingerprint density at radius 2 is 1.73 bits per heavy atom. The minimum atomic E-state index is -0.344. The highest BCUT2D eigenvalue weighted by molar-refractivity contribution is 6.01. The number of halogens is 1. The van der Waals surface area contributed by atoms with Crippen molar-refractivity contribution >= 4 is 21.8 Å². The van der Waals surface area contributed by atoms with Crippen LogP contribution < -0.4 is 9.47 Å². The molecule has 4 heterocycles. The van der Waals surface area contributed by atoms with Crippen molar-refractivity contribution in [3.05, 3.63) is 79.0 Å². The highest BCUT2D eigenvalue weighted by Crippen LogP contribution is 2.36. The minimum absolute atomic E-state index is 0.252. The molecule has 2 N–H and O–H groups in total. The van der Waals surface area contributed by atoms with Gasteiger partial charge in [-0.1, -0.05) is 18.6 Å². The Bertz CT molecular complexity index is 1840. The van der Waals surface area contributed by atoms with Crippen LogP contribution in [-0.2, 0) is 0 Å². The molecular formula is C32H28FN5O2. The van der Waals surface area contributed by atoms with Crippen LogP contribution in [0.1, 0.15) is 32.1 Å². The Morgan fingerprint density at radius 3 is 2.60 bits per heavy atom. The van der Waals surface area contributed by atoms with Crippen LogP contribution in [0, 0.1) is 5.82 Å². The average Bonchev–Trinajstić information content (AvgIpc) is 3.61. The number of aromatic amines is 2. The number of fused-ring (bicyclic) bond motifs is 2. The first-order chi connectivity index (χ1) is 19.6. The maximum atomic E-state index is 14.3. The lowest BCUT2D eigenvalue weighted by Crippen LogP contribution is -2.19. The van der Waals surface area contributed by atoms with Gasteiger partial charge in [0.15, 0.2) is 0 Å². The predicted octanol–water partition coefficient (Wildman–Crippen LogP) is 7.69. The quantitative estimate of drug-likeness (QED) is 0.229. The number of pyridine rings is 2.